The number of benzene rings is 1. The molecular weight excluding hydrogens is 383 g/mol. The van der Waals surface area contributed by atoms with E-state index in [0.29, 0.717) is 17.9 Å². The lowest BCUT2D eigenvalue weighted by Gasteiger charge is -2.19. The van der Waals surface area contributed by atoms with Gasteiger partial charge in [-0.3, -0.25) is 14.3 Å². The van der Waals surface area contributed by atoms with E-state index in [1.54, 1.807) is 24.7 Å². The number of carbonyl (C=O) groups excluding carboxylic acids is 1. The second kappa shape index (κ2) is 8.02. The fourth-order valence-corrected chi connectivity index (χ4v) is 3.57. The van der Waals surface area contributed by atoms with Gasteiger partial charge in [0.05, 0.1) is 11.2 Å². The quantitative estimate of drug-likeness (QED) is 0.727. The van der Waals surface area contributed by atoms with Gasteiger partial charge in [0.2, 0.25) is 5.91 Å². The van der Waals surface area contributed by atoms with Crippen LogP contribution >= 0.6 is 11.6 Å². The average molecular weight is 401 g/mol. The highest BCUT2D eigenvalue weighted by atomic mass is 35.5. The summed E-state index contributed by atoms with van der Waals surface area (Å²) in [6.07, 6.45) is 8.05. The van der Waals surface area contributed by atoms with Crippen molar-refractivity contribution in [1.82, 2.24) is 30.0 Å². The molecule has 0 saturated carbocycles. The molecule has 28 heavy (non-hydrogen) atoms. The minimum atomic E-state index is -0.483. The maximum atomic E-state index is 13.3. The monoisotopic (exact) mass is 400 g/mol. The largest absolute Gasteiger partial charge is 0.350 e. The zero-order chi connectivity index (χ0) is 19.5. The van der Waals surface area contributed by atoms with Crippen molar-refractivity contribution in [3.63, 3.8) is 0 Å². The lowest BCUT2D eigenvalue weighted by Crippen LogP contribution is -2.33. The van der Waals surface area contributed by atoms with Gasteiger partial charge in [0.1, 0.15) is 23.4 Å². The number of fused-ring (bicyclic) bond motifs is 1. The van der Waals surface area contributed by atoms with E-state index in [9.17, 15) is 9.18 Å². The number of rotatable bonds is 4. The molecule has 0 fully saturated rings. The number of nitrogens with one attached hydrogen (secondary N) is 1. The highest BCUT2D eigenvalue weighted by Gasteiger charge is 2.29. The molecule has 3 heterocycles. The molecule has 1 atom stereocenters. The van der Waals surface area contributed by atoms with Crippen LogP contribution in [0.5, 0.6) is 0 Å². The van der Waals surface area contributed by atoms with Crippen molar-refractivity contribution in [2.24, 2.45) is 0 Å². The van der Waals surface area contributed by atoms with Crippen molar-refractivity contribution in [2.75, 3.05) is 0 Å². The number of aromatic nitrogens is 5. The molecule has 1 aromatic carbocycles. The van der Waals surface area contributed by atoms with Crippen molar-refractivity contribution < 1.29 is 9.18 Å². The van der Waals surface area contributed by atoms with Gasteiger partial charge in [-0.15, -0.1) is 10.2 Å². The molecule has 1 N–H and O–H groups in total. The molecule has 144 valence electrons. The van der Waals surface area contributed by atoms with Gasteiger partial charge in [-0.25, -0.2) is 9.37 Å². The van der Waals surface area contributed by atoms with Crippen LogP contribution < -0.4 is 5.32 Å². The summed E-state index contributed by atoms with van der Waals surface area (Å²) in [6.45, 7) is 0.257. The third-order valence-corrected chi connectivity index (χ3v) is 5.04. The van der Waals surface area contributed by atoms with Crippen LogP contribution in [0.3, 0.4) is 0 Å². The number of amides is 1. The predicted octanol–water partition coefficient (Wildman–Crippen LogP) is 3.11. The summed E-state index contributed by atoms with van der Waals surface area (Å²) in [7, 11) is 0. The van der Waals surface area contributed by atoms with E-state index in [4.69, 9.17) is 11.6 Å². The third-order valence-electron chi connectivity index (χ3n) is 4.75. The van der Waals surface area contributed by atoms with Gasteiger partial charge in [-0.1, -0.05) is 24.1 Å². The zero-order valence-corrected chi connectivity index (χ0v) is 15.7. The lowest BCUT2D eigenvalue weighted by atomic mass is 10.1. The van der Waals surface area contributed by atoms with Crippen molar-refractivity contribution in [3.05, 3.63) is 59.0 Å². The SMILES string of the molecule is O=C(NCc1ccc(F)c(Cl)c1)C1CCCCc2nnc(-c3cnccn3)n21. The fraction of sp³-hybridized carbons (Fsp3) is 0.316. The Morgan fingerprint density at radius 2 is 2.18 bits per heavy atom. The molecule has 2 aromatic heterocycles. The van der Waals surface area contributed by atoms with E-state index in [-0.39, 0.29) is 17.5 Å². The van der Waals surface area contributed by atoms with E-state index in [0.717, 1.165) is 30.7 Å². The number of carbonyl (C=O) groups is 1. The molecule has 9 heteroatoms. The fourth-order valence-electron chi connectivity index (χ4n) is 3.37. The van der Waals surface area contributed by atoms with Gasteiger partial charge < -0.3 is 5.32 Å². The van der Waals surface area contributed by atoms with E-state index in [2.05, 4.69) is 25.5 Å². The highest BCUT2D eigenvalue weighted by molar-refractivity contribution is 6.30. The van der Waals surface area contributed by atoms with Crippen LogP contribution in [0, 0.1) is 5.82 Å². The standard InChI is InChI=1S/C19H18ClFN6O/c20-13-9-12(5-6-14(13)21)10-24-19(28)16-3-1-2-4-17-25-26-18(27(16)17)15-11-22-7-8-23-15/h5-9,11,16H,1-4,10H2,(H,24,28). The van der Waals surface area contributed by atoms with Gasteiger partial charge in [0.15, 0.2) is 5.82 Å². The molecule has 3 aromatic rings. The summed E-state index contributed by atoms with van der Waals surface area (Å²) in [4.78, 5) is 21.4. The molecule has 0 bridgehead atoms. The Bertz CT molecular complexity index is 993. The smallest absolute Gasteiger partial charge is 0.243 e. The van der Waals surface area contributed by atoms with Gasteiger partial charge in [0.25, 0.3) is 0 Å². The topological polar surface area (TPSA) is 85.6 Å². The molecule has 1 aliphatic rings. The van der Waals surface area contributed by atoms with E-state index >= 15 is 0 Å². The molecule has 0 saturated heterocycles. The first-order chi connectivity index (χ1) is 13.6. The van der Waals surface area contributed by atoms with Crippen molar-refractivity contribution >= 4 is 17.5 Å². The summed E-state index contributed by atoms with van der Waals surface area (Å²) in [5.74, 6) is 0.676. The highest BCUT2D eigenvalue weighted by Crippen LogP contribution is 2.28. The van der Waals surface area contributed by atoms with Crippen LogP contribution in [0.1, 0.15) is 36.7 Å². The van der Waals surface area contributed by atoms with Crippen molar-refractivity contribution in [2.45, 2.75) is 38.3 Å². The first-order valence-corrected chi connectivity index (χ1v) is 9.43. The molecule has 1 unspecified atom stereocenters. The Balaban J connectivity index is 1.59. The lowest BCUT2D eigenvalue weighted by molar-refractivity contribution is -0.124. The summed E-state index contributed by atoms with van der Waals surface area (Å²) >= 11 is 5.82. The van der Waals surface area contributed by atoms with Gasteiger partial charge in [-0.05, 0) is 30.5 Å². The van der Waals surface area contributed by atoms with Crippen LogP contribution in [-0.4, -0.2) is 30.6 Å². The second-order valence-corrected chi connectivity index (χ2v) is 7.04. The average Bonchev–Trinajstić information content (AvgIpc) is 3.01. The number of aryl methyl sites for hydroxylation is 1. The number of nitrogens with zero attached hydrogens (tertiary/aromatic N) is 5. The maximum absolute atomic E-state index is 13.3. The Morgan fingerprint density at radius 1 is 1.29 bits per heavy atom. The minimum Gasteiger partial charge on any atom is -0.350 e. The first-order valence-electron chi connectivity index (χ1n) is 9.05. The Labute approximate surface area is 166 Å². The molecule has 4 rings (SSSR count). The Morgan fingerprint density at radius 3 is 2.96 bits per heavy atom. The van der Waals surface area contributed by atoms with Gasteiger partial charge in [-0.2, -0.15) is 0 Å². The van der Waals surface area contributed by atoms with Gasteiger partial charge >= 0.3 is 0 Å². The first kappa shape index (κ1) is 18.5. The van der Waals surface area contributed by atoms with Crippen LogP contribution in [0.4, 0.5) is 4.39 Å². The van der Waals surface area contributed by atoms with E-state index in [1.165, 1.54) is 12.1 Å². The third kappa shape index (κ3) is 3.73. The van der Waals surface area contributed by atoms with Gasteiger partial charge in [0, 0.05) is 25.4 Å². The molecule has 7 nitrogen and oxygen atoms in total. The van der Waals surface area contributed by atoms with Crippen LogP contribution in [0.15, 0.2) is 36.8 Å². The molecule has 0 spiro atoms. The molecule has 0 aliphatic carbocycles. The van der Waals surface area contributed by atoms with Crippen LogP contribution in [-0.2, 0) is 17.8 Å². The predicted molar refractivity (Wildman–Crippen MR) is 101 cm³/mol. The summed E-state index contributed by atoms with van der Waals surface area (Å²) in [5, 5.41) is 11.5. The summed E-state index contributed by atoms with van der Waals surface area (Å²) in [6, 6.07) is 3.96. The van der Waals surface area contributed by atoms with Crippen LogP contribution in [0.25, 0.3) is 11.5 Å². The van der Waals surface area contributed by atoms with Crippen molar-refractivity contribution in [3.8, 4) is 11.5 Å². The second-order valence-electron chi connectivity index (χ2n) is 6.63. The summed E-state index contributed by atoms with van der Waals surface area (Å²) in [5.41, 5.74) is 1.30. The Hall–Kier alpha value is -2.87. The van der Waals surface area contributed by atoms with E-state index in [1.807, 2.05) is 4.57 Å². The van der Waals surface area contributed by atoms with Crippen molar-refractivity contribution in [1.29, 1.82) is 0 Å². The molecular formula is C19H18ClFN6O. The summed E-state index contributed by atoms with van der Waals surface area (Å²) < 4.78 is 15.2. The zero-order valence-electron chi connectivity index (χ0n) is 15.0. The van der Waals surface area contributed by atoms with E-state index < -0.39 is 11.9 Å². The maximum Gasteiger partial charge on any atom is 0.243 e. The molecule has 0 radical (unpaired) electrons. The number of hydrogen-bond donors (Lipinski definition) is 1. The van der Waals surface area contributed by atoms with Crippen LogP contribution in [0.2, 0.25) is 5.02 Å². The number of hydrogen-bond acceptors (Lipinski definition) is 5. The molecule has 1 aliphatic heterocycles. The minimum absolute atomic E-state index is 0.0345. The Kier molecular flexibility index (Phi) is 5.29. The number of halogens is 2. The molecule has 1 amide bonds. The normalized spacial score (nSPS) is 16.3.